The van der Waals surface area contributed by atoms with E-state index in [2.05, 4.69) is 0 Å². The highest BCUT2D eigenvalue weighted by atomic mass is 19.1. The second kappa shape index (κ2) is 6.96. The van der Waals surface area contributed by atoms with Crippen LogP contribution in [0.3, 0.4) is 0 Å². The van der Waals surface area contributed by atoms with E-state index < -0.39 is 6.10 Å². The molecular weight excluding hydrogens is 237 g/mol. The third kappa shape index (κ3) is 4.33. The summed E-state index contributed by atoms with van der Waals surface area (Å²) in [5, 5.41) is 0. The number of ether oxygens (including phenoxy) is 2. The molecule has 1 unspecified atom stereocenters. The number of hydrogen-bond acceptors (Lipinski definition) is 3. The van der Waals surface area contributed by atoms with Gasteiger partial charge in [0.15, 0.2) is 0 Å². The highest BCUT2D eigenvalue weighted by Crippen LogP contribution is 2.11. The molecule has 5 heteroatoms. The van der Waals surface area contributed by atoms with Gasteiger partial charge in [0.1, 0.15) is 24.3 Å². The van der Waals surface area contributed by atoms with Crippen LogP contribution < -0.4 is 4.74 Å². The summed E-state index contributed by atoms with van der Waals surface area (Å²) in [7, 11) is 3.16. The van der Waals surface area contributed by atoms with Crippen LogP contribution in [0.2, 0.25) is 0 Å². The zero-order valence-electron chi connectivity index (χ0n) is 10.9. The van der Waals surface area contributed by atoms with Gasteiger partial charge in [-0.2, -0.15) is 0 Å². The molecule has 1 aromatic rings. The van der Waals surface area contributed by atoms with E-state index in [1.807, 2.05) is 0 Å². The molecule has 0 fully saturated rings. The standard InChI is InChI=1S/C13H18FNO3/c1-10(17-3)13(16)15(2)7-8-18-12-6-4-5-11(14)9-12/h4-6,9-10H,7-8H2,1-3H3. The fraction of sp³-hybridized carbons (Fsp3) is 0.462. The Kier molecular flexibility index (Phi) is 5.58. The number of amides is 1. The van der Waals surface area contributed by atoms with Gasteiger partial charge >= 0.3 is 0 Å². The molecule has 0 bridgehead atoms. The number of carbonyl (C=O) groups is 1. The maximum Gasteiger partial charge on any atom is 0.251 e. The third-order valence-electron chi connectivity index (χ3n) is 2.57. The van der Waals surface area contributed by atoms with Gasteiger partial charge in [-0.15, -0.1) is 0 Å². The Morgan fingerprint density at radius 3 is 2.83 bits per heavy atom. The molecule has 0 saturated carbocycles. The lowest BCUT2D eigenvalue weighted by Crippen LogP contribution is -2.38. The van der Waals surface area contributed by atoms with Crippen molar-refractivity contribution in [2.45, 2.75) is 13.0 Å². The lowest BCUT2D eigenvalue weighted by Gasteiger charge is -2.20. The molecule has 0 aliphatic heterocycles. The third-order valence-corrected chi connectivity index (χ3v) is 2.57. The summed E-state index contributed by atoms with van der Waals surface area (Å²) in [6.45, 7) is 2.41. The van der Waals surface area contributed by atoms with Crippen molar-refractivity contribution in [3.63, 3.8) is 0 Å². The monoisotopic (exact) mass is 255 g/mol. The number of carbonyl (C=O) groups excluding carboxylic acids is 1. The first kappa shape index (κ1) is 14.4. The number of benzene rings is 1. The number of hydrogen-bond donors (Lipinski definition) is 0. The second-order valence-electron chi connectivity index (χ2n) is 3.94. The Bertz CT molecular complexity index is 398. The van der Waals surface area contributed by atoms with Crippen molar-refractivity contribution < 1.29 is 18.7 Å². The SMILES string of the molecule is COC(C)C(=O)N(C)CCOc1cccc(F)c1. The van der Waals surface area contributed by atoms with E-state index in [1.165, 1.54) is 24.1 Å². The summed E-state index contributed by atoms with van der Waals surface area (Å²) in [6, 6.07) is 5.90. The van der Waals surface area contributed by atoms with E-state index in [1.54, 1.807) is 26.1 Å². The first-order valence-electron chi connectivity index (χ1n) is 5.70. The van der Waals surface area contributed by atoms with Crippen LogP contribution in [0, 0.1) is 5.82 Å². The largest absolute Gasteiger partial charge is 0.492 e. The fourth-order valence-electron chi connectivity index (χ4n) is 1.38. The number of methoxy groups -OCH3 is 1. The zero-order chi connectivity index (χ0) is 13.5. The van der Waals surface area contributed by atoms with Crippen LogP contribution in [-0.2, 0) is 9.53 Å². The Hall–Kier alpha value is -1.62. The van der Waals surface area contributed by atoms with Crippen molar-refractivity contribution >= 4 is 5.91 Å². The molecule has 1 rings (SSSR count). The van der Waals surface area contributed by atoms with Crippen molar-refractivity contribution in [1.29, 1.82) is 0 Å². The lowest BCUT2D eigenvalue weighted by atomic mass is 10.3. The molecule has 0 aromatic heterocycles. The number of rotatable bonds is 6. The average Bonchev–Trinajstić information content (AvgIpc) is 2.36. The molecular formula is C13H18FNO3. The van der Waals surface area contributed by atoms with E-state index in [9.17, 15) is 9.18 Å². The van der Waals surface area contributed by atoms with Crippen LogP contribution in [0.1, 0.15) is 6.92 Å². The molecule has 100 valence electrons. The van der Waals surface area contributed by atoms with Gasteiger partial charge in [-0.05, 0) is 19.1 Å². The van der Waals surface area contributed by atoms with Crippen molar-refractivity contribution in [2.75, 3.05) is 27.3 Å². The van der Waals surface area contributed by atoms with Crippen LogP contribution in [0.5, 0.6) is 5.75 Å². The van der Waals surface area contributed by atoms with Gasteiger partial charge in [-0.25, -0.2) is 4.39 Å². The summed E-state index contributed by atoms with van der Waals surface area (Å²) >= 11 is 0. The van der Waals surface area contributed by atoms with Crippen LogP contribution in [0.15, 0.2) is 24.3 Å². The summed E-state index contributed by atoms with van der Waals surface area (Å²) < 4.78 is 23.1. The van der Waals surface area contributed by atoms with Gasteiger partial charge in [0.2, 0.25) is 0 Å². The van der Waals surface area contributed by atoms with Crippen molar-refractivity contribution in [3.05, 3.63) is 30.1 Å². The molecule has 18 heavy (non-hydrogen) atoms. The minimum Gasteiger partial charge on any atom is -0.492 e. The molecule has 4 nitrogen and oxygen atoms in total. The zero-order valence-corrected chi connectivity index (χ0v) is 10.9. The van der Waals surface area contributed by atoms with Gasteiger partial charge < -0.3 is 14.4 Å². The van der Waals surface area contributed by atoms with Crippen LogP contribution in [0.4, 0.5) is 4.39 Å². The van der Waals surface area contributed by atoms with Gasteiger partial charge in [0.05, 0.1) is 6.54 Å². The van der Waals surface area contributed by atoms with Gasteiger partial charge in [-0.3, -0.25) is 4.79 Å². The Morgan fingerprint density at radius 1 is 1.50 bits per heavy atom. The van der Waals surface area contributed by atoms with Crippen LogP contribution in [0.25, 0.3) is 0 Å². The van der Waals surface area contributed by atoms with Gasteiger partial charge in [0.25, 0.3) is 5.91 Å². The first-order chi connectivity index (χ1) is 8.54. The number of nitrogens with zero attached hydrogens (tertiary/aromatic N) is 1. The molecule has 0 saturated heterocycles. The average molecular weight is 255 g/mol. The molecule has 0 aliphatic carbocycles. The van der Waals surface area contributed by atoms with E-state index in [0.29, 0.717) is 18.9 Å². The highest BCUT2D eigenvalue weighted by molar-refractivity contribution is 5.80. The fourth-order valence-corrected chi connectivity index (χ4v) is 1.38. The second-order valence-corrected chi connectivity index (χ2v) is 3.94. The van der Waals surface area contributed by atoms with Crippen molar-refractivity contribution in [1.82, 2.24) is 4.90 Å². The Morgan fingerprint density at radius 2 is 2.22 bits per heavy atom. The number of halogens is 1. The normalized spacial score (nSPS) is 12.0. The van der Waals surface area contributed by atoms with Gasteiger partial charge in [0, 0.05) is 20.2 Å². The molecule has 0 aliphatic rings. The lowest BCUT2D eigenvalue weighted by molar-refractivity contribution is -0.139. The maximum atomic E-state index is 12.9. The highest BCUT2D eigenvalue weighted by Gasteiger charge is 2.16. The first-order valence-corrected chi connectivity index (χ1v) is 5.70. The Balaban J connectivity index is 2.35. The molecule has 1 atom stereocenters. The number of likely N-dealkylation sites (N-methyl/N-ethyl adjacent to an activating group) is 1. The van der Waals surface area contributed by atoms with Crippen molar-refractivity contribution in [2.24, 2.45) is 0 Å². The minimum atomic E-state index is -0.468. The van der Waals surface area contributed by atoms with Crippen LogP contribution in [-0.4, -0.2) is 44.2 Å². The summed E-state index contributed by atoms with van der Waals surface area (Å²) in [4.78, 5) is 13.2. The Labute approximate surface area is 106 Å². The summed E-state index contributed by atoms with van der Waals surface area (Å²) in [6.07, 6.45) is -0.468. The van der Waals surface area contributed by atoms with E-state index >= 15 is 0 Å². The maximum absolute atomic E-state index is 12.9. The van der Waals surface area contributed by atoms with E-state index in [4.69, 9.17) is 9.47 Å². The van der Waals surface area contributed by atoms with Crippen molar-refractivity contribution in [3.8, 4) is 5.75 Å². The van der Waals surface area contributed by atoms with E-state index in [0.717, 1.165) is 0 Å². The smallest absolute Gasteiger partial charge is 0.251 e. The predicted octanol–water partition coefficient (Wildman–Crippen LogP) is 1.70. The molecule has 1 aromatic carbocycles. The quantitative estimate of drug-likeness (QED) is 0.776. The summed E-state index contributed by atoms with van der Waals surface area (Å²) in [5.41, 5.74) is 0. The minimum absolute atomic E-state index is 0.111. The molecule has 0 radical (unpaired) electrons. The molecule has 0 heterocycles. The molecule has 1 amide bonds. The molecule has 0 spiro atoms. The van der Waals surface area contributed by atoms with E-state index in [-0.39, 0.29) is 11.7 Å². The van der Waals surface area contributed by atoms with Gasteiger partial charge in [-0.1, -0.05) is 6.07 Å². The predicted molar refractivity (Wildman–Crippen MR) is 66.0 cm³/mol. The summed E-state index contributed by atoms with van der Waals surface area (Å²) in [5.74, 6) is 0.000849. The molecule has 0 N–H and O–H groups in total. The topological polar surface area (TPSA) is 38.8 Å². The van der Waals surface area contributed by atoms with Crippen LogP contribution >= 0.6 is 0 Å².